The number of nitrogens with zero attached hydrogens (tertiary/aromatic N) is 1. The van der Waals surface area contributed by atoms with E-state index in [1.54, 1.807) is 6.07 Å². The first kappa shape index (κ1) is 12.0. The number of rotatable bonds is 3. The molecule has 0 fully saturated rings. The van der Waals surface area contributed by atoms with E-state index in [-0.39, 0.29) is 10.6 Å². The molecule has 1 aromatic carbocycles. The Labute approximate surface area is 107 Å². The van der Waals surface area contributed by atoms with Gasteiger partial charge in [-0.05, 0) is 18.4 Å². The average molecular weight is 270 g/mol. The highest BCUT2D eigenvalue weighted by molar-refractivity contribution is 7.98. The largest absolute Gasteiger partial charge is 0.478 e. The maximum atomic E-state index is 11.0. The summed E-state index contributed by atoms with van der Waals surface area (Å²) in [6, 6.07) is 3.19. The van der Waals surface area contributed by atoms with Crippen molar-refractivity contribution in [3.8, 4) is 11.3 Å². The molecule has 0 amide bonds. The van der Waals surface area contributed by atoms with Crippen LogP contribution in [0, 0.1) is 0 Å². The van der Waals surface area contributed by atoms with Crippen LogP contribution in [0.3, 0.4) is 0 Å². The molecule has 0 aliphatic rings. The number of halogens is 1. The molecule has 0 spiro atoms. The van der Waals surface area contributed by atoms with Crippen molar-refractivity contribution in [1.82, 2.24) is 4.98 Å². The number of carbonyl (C=O) groups is 1. The molecule has 6 heteroatoms. The summed E-state index contributed by atoms with van der Waals surface area (Å²) in [5, 5.41) is 9.18. The van der Waals surface area contributed by atoms with Crippen molar-refractivity contribution >= 4 is 29.3 Å². The van der Waals surface area contributed by atoms with E-state index in [2.05, 4.69) is 4.98 Å². The molecular formula is C11H8ClNO3S. The first-order valence-electron chi connectivity index (χ1n) is 4.63. The summed E-state index contributed by atoms with van der Waals surface area (Å²) in [6.45, 7) is 0. The van der Waals surface area contributed by atoms with Crippen LogP contribution in [0.2, 0.25) is 5.02 Å². The van der Waals surface area contributed by atoms with E-state index in [0.717, 1.165) is 4.90 Å². The standard InChI is InChI=1S/C11H8ClNO3S/c1-17-8-3-2-6(11(14)15)10(12)9(8)7-4-13-5-16-7/h2-5H,1H3,(H,14,15). The van der Waals surface area contributed by atoms with E-state index < -0.39 is 5.97 Å². The van der Waals surface area contributed by atoms with Gasteiger partial charge in [0.25, 0.3) is 0 Å². The third kappa shape index (κ3) is 2.16. The minimum atomic E-state index is -1.07. The van der Waals surface area contributed by atoms with Gasteiger partial charge < -0.3 is 9.52 Å². The second-order valence-electron chi connectivity index (χ2n) is 3.18. The zero-order valence-corrected chi connectivity index (χ0v) is 10.4. The Morgan fingerprint density at radius 3 is 2.82 bits per heavy atom. The van der Waals surface area contributed by atoms with Crippen LogP contribution < -0.4 is 0 Å². The number of carboxylic acid groups (broad SMARTS) is 1. The molecule has 17 heavy (non-hydrogen) atoms. The van der Waals surface area contributed by atoms with E-state index in [1.807, 2.05) is 6.26 Å². The Balaban J connectivity index is 2.70. The number of carboxylic acids is 1. The van der Waals surface area contributed by atoms with Crippen molar-refractivity contribution in [1.29, 1.82) is 0 Å². The Kier molecular flexibility index (Phi) is 3.40. The third-order valence-corrected chi connectivity index (χ3v) is 3.41. The lowest BCUT2D eigenvalue weighted by molar-refractivity contribution is 0.0697. The van der Waals surface area contributed by atoms with Crippen LogP contribution in [0.25, 0.3) is 11.3 Å². The van der Waals surface area contributed by atoms with E-state index in [1.165, 1.54) is 30.4 Å². The van der Waals surface area contributed by atoms with Gasteiger partial charge in [0.15, 0.2) is 12.2 Å². The van der Waals surface area contributed by atoms with Gasteiger partial charge in [0.2, 0.25) is 0 Å². The lowest BCUT2D eigenvalue weighted by Crippen LogP contribution is -1.99. The van der Waals surface area contributed by atoms with Crippen molar-refractivity contribution in [3.05, 3.63) is 35.3 Å². The Morgan fingerprint density at radius 1 is 1.53 bits per heavy atom. The summed E-state index contributed by atoms with van der Waals surface area (Å²) >= 11 is 7.56. The van der Waals surface area contributed by atoms with Crippen LogP contribution in [0.5, 0.6) is 0 Å². The molecule has 0 saturated heterocycles. The molecule has 1 heterocycles. The summed E-state index contributed by atoms with van der Waals surface area (Å²) < 4.78 is 5.18. The summed E-state index contributed by atoms with van der Waals surface area (Å²) in [5.41, 5.74) is 0.618. The van der Waals surface area contributed by atoms with Gasteiger partial charge in [0.05, 0.1) is 22.3 Å². The molecule has 88 valence electrons. The summed E-state index contributed by atoms with van der Waals surface area (Å²) in [5.74, 6) is -0.606. The van der Waals surface area contributed by atoms with Crippen molar-refractivity contribution < 1.29 is 14.3 Å². The molecule has 0 saturated carbocycles. The maximum absolute atomic E-state index is 11.0. The minimum absolute atomic E-state index is 0.0517. The second kappa shape index (κ2) is 4.81. The van der Waals surface area contributed by atoms with Gasteiger partial charge in [-0.3, -0.25) is 0 Å². The Hall–Kier alpha value is -1.46. The first-order chi connectivity index (χ1) is 8.15. The number of oxazole rings is 1. The van der Waals surface area contributed by atoms with E-state index in [4.69, 9.17) is 21.1 Å². The molecule has 4 nitrogen and oxygen atoms in total. The normalized spacial score (nSPS) is 10.5. The highest BCUT2D eigenvalue weighted by Crippen LogP contribution is 2.38. The molecule has 0 bridgehead atoms. The van der Waals surface area contributed by atoms with Crippen molar-refractivity contribution in [2.24, 2.45) is 0 Å². The highest BCUT2D eigenvalue weighted by Gasteiger charge is 2.19. The predicted molar refractivity (Wildman–Crippen MR) is 65.7 cm³/mol. The van der Waals surface area contributed by atoms with Gasteiger partial charge in [0, 0.05) is 4.90 Å². The van der Waals surface area contributed by atoms with Crippen LogP contribution in [-0.4, -0.2) is 22.3 Å². The molecule has 0 unspecified atom stereocenters. The fraction of sp³-hybridized carbons (Fsp3) is 0.0909. The zero-order valence-electron chi connectivity index (χ0n) is 8.81. The maximum Gasteiger partial charge on any atom is 0.337 e. The fourth-order valence-corrected chi connectivity index (χ4v) is 2.47. The van der Waals surface area contributed by atoms with Crippen LogP contribution in [-0.2, 0) is 0 Å². The first-order valence-corrected chi connectivity index (χ1v) is 6.24. The number of aromatic carboxylic acids is 1. The number of thioether (sulfide) groups is 1. The van der Waals surface area contributed by atoms with Gasteiger partial charge >= 0.3 is 5.97 Å². The van der Waals surface area contributed by atoms with Crippen molar-refractivity contribution in [2.75, 3.05) is 6.26 Å². The summed E-state index contributed by atoms with van der Waals surface area (Å²) in [4.78, 5) is 15.7. The predicted octanol–water partition coefficient (Wildman–Crippen LogP) is 3.42. The molecule has 0 aliphatic carbocycles. The second-order valence-corrected chi connectivity index (χ2v) is 4.40. The van der Waals surface area contributed by atoms with Gasteiger partial charge in [0.1, 0.15) is 0 Å². The summed E-state index contributed by atoms with van der Waals surface area (Å²) in [7, 11) is 0. The van der Waals surface area contributed by atoms with Crippen LogP contribution in [0.1, 0.15) is 10.4 Å². The van der Waals surface area contributed by atoms with Crippen molar-refractivity contribution in [3.63, 3.8) is 0 Å². The van der Waals surface area contributed by atoms with Gasteiger partial charge in [-0.15, -0.1) is 11.8 Å². The number of hydrogen-bond donors (Lipinski definition) is 1. The van der Waals surface area contributed by atoms with E-state index >= 15 is 0 Å². The van der Waals surface area contributed by atoms with Crippen LogP contribution in [0.15, 0.2) is 34.0 Å². The molecule has 2 aromatic rings. The molecule has 0 atom stereocenters. The molecule has 1 aromatic heterocycles. The van der Waals surface area contributed by atoms with Crippen molar-refractivity contribution in [2.45, 2.75) is 4.90 Å². The summed E-state index contributed by atoms with van der Waals surface area (Å²) in [6.07, 6.45) is 4.67. The smallest absolute Gasteiger partial charge is 0.337 e. The fourth-order valence-electron chi connectivity index (χ4n) is 1.46. The zero-order chi connectivity index (χ0) is 12.4. The van der Waals surface area contributed by atoms with E-state index in [9.17, 15) is 4.79 Å². The highest BCUT2D eigenvalue weighted by atomic mass is 35.5. The molecule has 0 aliphatic heterocycles. The van der Waals surface area contributed by atoms with Gasteiger partial charge in [-0.2, -0.15) is 0 Å². The van der Waals surface area contributed by atoms with Gasteiger partial charge in [-0.1, -0.05) is 11.6 Å². The lowest BCUT2D eigenvalue weighted by Gasteiger charge is -2.09. The lowest BCUT2D eigenvalue weighted by atomic mass is 10.1. The number of hydrogen-bond acceptors (Lipinski definition) is 4. The number of benzene rings is 1. The molecular weight excluding hydrogens is 262 g/mol. The number of aromatic nitrogens is 1. The quantitative estimate of drug-likeness (QED) is 0.865. The molecule has 2 rings (SSSR count). The van der Waals surface area contributed by atoms with Crippen LogP contribution >= 0.6 is 23.4 Å². The molecule has 1 N–H and O–H groups in total. The Morgan fingerprint density at radius 2 is 2.29 bits per heavy atom. The minimum Gasteiger partial charge on any atom is -0.478 e. The monoisotopic (exact) mass is 269 g/mol. The average Bonchev–Trinajstić information content (AvgIpc) is 2.81. The Bertz CT molecular complexity index is 554. The van der Waals surface area contributed by atoms with Gasteiger partial charge in [-0.25, -0.2) is 9.78 Å². The third-order valence-electron chi connectivity index (χ3n) is 2.23. The SMILES string of the molecule is CSc1ccc(C(=O)O)c(Cl)c1-c1cnco1. The van der Waals surface area contributed by atoms with Crippen LogP contribution in [0.4, 0.5) is 0 Å². The molecule has 0 radical (unpaired) electrons. The topological polar surface area (TPSA) is 63.3 Å². The van der Waals surface area contributed by atoms with E-state index in [0.29, 0.717) is 11.3 Å².